The third-order valence-electron chi connectivity index (χ3n) is 6.29. The fourth-order valence-corrected chi connectivity index (χ4v) is 4.21. The van der Waals surface area contributed by atoms with E-state index in [9.17, 15) is 36.6 Å². The topological polar surface area (TPSA) is 76.1 Å². The number of carbonyl (C=O) groups is 2. The molecule has 0 saturated carbocycles. The number of rotatable bonds is 10. The van der Waals surface area contributed by atoms with Crippen LogP contribution in [0.5, 0.6) is 0 Å². The Morgan fingerprint density at radius 3 is 2.39 bits per heavy atom. The van der Waals surface area contributed by atoms with Gasteiger partial charge in [-0.3, -0.25) is 0 Å². The molecule has 11 heteroatoms. The second kappa shape index (κ2) is 12.1. The fraction of sp³-hybridized carbons (Fsp3) is 0.481. The molecule has 0 bridgehead atoms. The van der Waals surface area contributed by atoms with Crippen molar-refractivity contribution >= 4 is 12.1 Å². The summed E-state index contributed by atoms with van der Waals surface area (Å²) in [4.78, 5) is 25.8. The summed E-state index contributed by atoms with van der Waals surface area (Å²) in [6.45, 7) is 3.78. The molecule has 1 aliphatic rings. The first-order valence-electron chi connectivity index (χ1n) is 12.3. The number of aliphatic hydroxyl groups excluding tert-OH is 1. The van der Waals surface area contributed by atoms with E-state index >= 15 is 0 Å². The molecule has 208 valence electrons. The maximum Gasteiger partial charge on any atom is 0.416 e. The van der Waals surface area contributed by atoms with Crippen molar-refractivity contribution in [1.82, 2.24) is 4.90 Å². The number of carbonyl (C=O) groups excluding carboxylic acids is 2. The van der Waals surface area contributed by atoms with E-state index in [1.807, 2.05) is 0 Å². The number of hydrogen-bond acceptors (Lipinski definition) is 5. The van der Waals surface area contributed by atoms with Gasteiger partial charge in [-0.15, -0.1) is 0 Å². The third kappa shape index (κ3) is 7.43. The number of cyclic esters (lactones) is 1. The minimum Gasteiger partial charge on any atom is -0.459 e. The molecule has 6 nitrogen and oxygen atoms in total. The van der Waals surface area contributed by atoms with E-state index in [-0.39, 0.29) is 25.7 Å². The van der Waals surface area contributed by atoms with Gasteiger partial charge in [-0.1, -0.05) is 24.3 Å². The summed E-state index contributed by atoms with van der Waals surface area (Å²) in [5, 5.41) is 10.2. The van der Waals surface area contributed by atoms with Gasteiger partial charge in [0.25, 0.3) is 5.92 Å². The summed E-state index contributed by atoms with van der Waals surface area (Å²) >= 11 is 0. The van der Waals surface area contributed by atoms with Gasteiger partial charge >= 0.3 is 18.2 Å². The maximum atomic E-state index is 14.8. The highest BCUT2D eigenvalue weighted by atomic mass is 19.4. The molecular weight excluding hydrogens is 513 g/mol. The third-order valence-corrected chi connectivity index (χ3v) is 6.29. The number of alkyl halides is 5. The van der Waals surface area contributed by atoms with Crippen molar-refractivity contribution in [2.45, 2.75) is 69.9 Å². The number of aliphatic hydroxyl groups is 1. The highest BCUT2D eigenvalue weighted by molar-refractivity contribution is 5.89. The average Bonchev–Trinajstić information content (AvgIpc) is 2.86. The van der Waals surface area contributed by atoms with Gasteiger partial charge in [-0.2, -0.15) is 22.0 Å². The number of nitrogens with zero attached hydrogens (tertiary/aromatic N) is 1. The Morgan fingerprint density at radius 1 is 1.11 bits per heavy atom. The second-order valence-electron chi connectivity index (χ2n) is 9.45. The minimum atomic E-state index is -4.79. The number of halogens is 5. The van der Waals surface area contributed by atoms with E-state index in [4.69, 9.17) is 9.47 Å². The van der Waals surface area contributed by atoms with Crippen LogP contribution in [0.4, 0.5) is 26.7 Å². The molecule has 1 fully saturated rings. The van der Waals surface area contributed by atoms with Gasteiger partial charge < -0.3 is 19.5 Å². The summed E-state index contributed by atoms with van der Waals surface area (Å²) in [7, 11) is 0. The van der Waals surface area contributed by atoms with Crippen molar-refractivity contribution < 1.29 is 46.1 Å². The normalized spacial score (nSPS) is 17.3. The van der Waals surface area contributed by atoms with E-state index in [1.165, 1.54) is 4.90 Å². The van der Waals surface area contributed by atoms with Crippen molar-refractivity contribution in [2.24, 2.45) is 0 Å². The van der Waals surface area contributed by atoms with Crippen LogP contribution in [0.15, 0.2) is 48.5 Å². The van der Waals surface area contributed by atoms with Crippen LogP contribution in [0.25, 0.3) is 0 Å². The van der Waals surface area contributed by atoms with E-state index < -0.39 is 53.9 Å². The lowest BCUT2D eigenvalue weighted by atomic mass is 9.95. The summed E-state index contributed by atoms with van der Waals surface area (Å²) < 4.78 is 78.7. The first-order valence-corrected chi connectivity index (χ1v) is 12.3. The molecule has 3 rings (SSSR count). The molecule has 2 aromatic carbocycles. The van der Waals surface area contributed by atoms with Gasteiger partial charge in [-0.05, 0) is 62.9 Å². The molecule has 0 aromatic heterocycles. The predicted molar refractivity (Wildman–Crippen MR) is 128 cm³/mol. The Labute approximate surface area is 217 Å². The van der Waals surface area contributed by atoms with Crippen LogP contribution in [-0.4, -0.2) is 53.5 Å². The number of esters is 1. The highest BCUT2D eigenvalue weighted by Gasteiger charge is 2.42. The molecule has 1 heterocycles. The summed E-state index contributed by atoms with van der Waals surface area (Å²) in [5.74, 6) is -4.37. The Bertz CT molecular complexity index is 1100. The van der Waals surface area contributed by atoms with Crippen LogP contribution >= 0.6 is 0 Å². The van der Waals surface area contributed by atoms with Gasteiger partial charge in [0.05, 0.1) is 23.8 Å². The Hall–Kier alpha value is -3.21. The molecule has 0 radical (unpaired) electrons. The van der Waals surface area contributed by atoms with Gasteiger partial charge in [0.1, 0.15) is 6.10 Å². The van der Waals surface area contributed by atoms with E-state index in [1.54, 1.807) is 38.1 Å². The zero-order valence-electron chi connectivity index (χ0n) is 21.0. The number of benzene rings is 2. The van der Waals surface area contributed by atoms with Gasteiger partial charge in [0, 0.05) is 24.6 Å². The average molecular weight is 544 g/mol. The minimum absolute atomic E-state index is 0.00476. The highest BCUT2D eigenvalue weighted by Crippen LogP contribution is 2.38. The van der Waals surface area contributed by atoms with Crippen molar-refractivity contribution in [2.75, 3.05) is 13.2 Å². The molecule has 1 N–H and O–H groups in total. The molecule has 2 unspecified atom stereocenters. The summed E-state index contributed by atoms with van der Waals surface area (Å²) in [6, 6.07) is 8.90. The molecule has 38 heavy (non-hydrogen) atoms. The molecule has 1 saturated heterocycles. The van der Waals surface area contributed by atoms with Crippen molar-refractivity contribution in [3.05, 3.63) is 70.8 Å². The first-order chi connectivity index (χ1) is 17.8. The smallest absolute Gasteiger partial charge is 0.416 e. The lowest BCUT2D eigenvalue weighted by Crippen LogP contribution is -2.47. The van der Waals surface area contributed by atoms with Crippen molar-refractivity contribution in [3.63, 3.8) is 0 Å². The summed E-state index contributed by atoms with van der Waals surface area (Å²) in [5.41, 5.74) is -0.957. The van der Waals surface area contributed by atoms with E-state index in [0.717, 1.165) is 17.7 Å². The zero-order valence-corrected chi connectivity index (χ0v) is 21.0. The zero-order chi connectivity index (χ0) is 28.1. The predicted octanol–water partition coefficient (Wildman–Crippen LogP) is 5.96. The van der Waals surface area contributed by atoms with Crippen molar-refractivity contribution in [1.29, 1.82) is 0 Å². The monoisotopic (exact) mass is 543 g/mol. The largest absolute Gasteiger partial charge is 0.459 e. The quantitative estimate of drug-likeness (QED) is 0.296. The maximum absolute atomic E-state index is 14.8. The molecule has 2 aromatic rings. The standard InChI is InChI=1S/C27H30F5NO5/c1-17(2)38-24(35)19-8-6-18(7-9-19)12-14-33-22(13-15-37-25(33)36)10-11-23(34)26(28,29)20-4-3-5-21(16-20)27(30,31)32/h3-9,16-17,22-23,34H,10-15H2,1-2H3. The Kier molecular flexibility index (Phi) is 9.35. The second-order valence-corrected chi connectivity index (χ2v) is 9.45. The van der Waals surface area contributed by atoms with Crippen LogP contribution in [0.1, 0.15) is 60.2 Å². The van der Waals surface area contributed by atoms with Gasteiger partial charge in [0.15, 0.2) is 0 Å². The number of hydrogen-bond donors (Lipinski definition) is 1. The van der Waals surface area contributed by atoms with E-state index in [2.05, 4.69) is 0 Å². The lowest BCUT2D eigenvalue weighted by Gasteiger charge is -2.36. The molecule has 2 atom stereocenters. The molecule has 0 aliphatic carbocycles. The number of amides is 1. The lowest BCUT2D eigenvalue weighted by molar-refractivity contribution is -0.139. The summed E-state index contributed by atoms with van der Waals surface area (Å²) in [6.07, 6.45) is -7.59. The van der Waals surface area contributed by atoms with Gasteiger partial charge in [-0.25, -0.2) is 9.59 Å². The van der Waals surface area contributed by atoms with E-state index in [0.29, 0.717) is 30.5 Å². The molecule has 1 amide bonds. The first kappa shape index (κ1) is 29.3. The molecule has 1 aliphatic heterocycles. The van der Waals surface area contributed by atoms with Crippen LogP contribution in [0.3, 0.4) is 0 Å². The molecule has 0 spiro atoms. The SMILES string of the molecule is CC(C)OC(=O)c1ccc(CCN2C(=O)OCCC2CCC(O)C(F)(F)c2cccc(C(F)(F)F)c2)cc1. The molecular formula is C27H30F5NO5. The Morgan fingerprint density at radius 2 is 1.76 bits per heavy atom. The van der Waals surface area contributed by atoms with Gasteiger partial charge in [0.2, 0.25) is 0 Å². The van der Waals surface area contributed by atoms with Crippen LogP contribution in [-0.2, 0) is 28.0 Å². The number of ether oxygens (including phenoxy) is 2. The fourth-order valence-electron chi connectivity index (χ4n) is 4.21. The van der Waals surface area contributed by atoms with Crippen molar-refractivity contribution in [3.8, 4) is 0 Å². The van der Waals surface area contributed by atoms with Crippen LogP contribution in [0, 0.1) is 0 Å². The van der Waals surface area contributed by atoms with Crippen LogP contribution in [0.2, 0.25) is 0 Å². The van der Waals surface area contributed by atoms with Crippen LogP contribution < -0.4 is 0 Å². The Balaban J connectivity index is 1.61.